The first-order valence-electron chi connectivity index (χ1n) is 7.40. The van der Waals surface area contributed by atoms with E-state index in [4.69, 9.17) is 11.6 Å². The Labute approximate surface area is 133 Å². The molecule has 4 heteroatoms. The summed E-state index contributed by atoms with van der Waals surface area (Å²) in [4.78, 5) is 1.42. The van der Waals surface area contributed by atoms with E-state index < -0.39 is 0 Å². The van der Waals surface area contributed by atoms with Crippen LogP contribution in [0.25, 0.3) is 0 Å². The summed E-state index contributed by atoms with van der Waals surface area (Å²) in [5, 5.41) is 3.78. The standard InChI is InChI=1S/C15H21BrClNS/c1-2-7-18-14(12-8-11(16)15(17)19-12)13-9-5-3-4-6-10(9)13/h8-10,13-14,18H,2-7H2,1H3. The van der Waals surface area contributed by atoms with E-state index in [9.17, 15) is 0 Å². The van der Waals surface area contributed by atoms with Gasteiger partial charge in [0.25, 0.3) is 0 Å². The Kier molecular flexibility index (Phi) is 4.57. The zero-order valence-electron chi connectivity index (χ0n) is 11.3. The van der Waals surface area contributed by atoms with Crippen molar-refractivity contribution in [2.24, 2.45) is 17.8 Å². The van der Waals surface area contributed by atoms with Gasteiger partial charge < -0.3 is 5.32 Å². The Hall–Kier alpha value is 0.430. The van der Waals surface area contributed by atoms with E-state index >= 15 is 0 Å². The van der Waals surface area contributed by atoms with E-state index in [1.807, 2.05) is 0 Å². The number of fused-ring (bicyclic) bond motifs is 1. The molecule has 0 radical (unpaired) electrons. The molecule has 0 amide bonds. The lowest BCUT2D eigenvalue weighted by Gasteiger charge is -2.17. The quantitative estimate of drug-likeness (QED) is 0.714. The van der Waals surface area contributed by atoms with E-state index in [1.54, 1.807) is 11.3 Å². The minimum absolute atomic E-state index is 0.529. The molecular weight excluding hydrogens is 342 g/mol. The van der Waals surface area contributed by atoms with Crippen molar-refractivity contribution in [3.8, 4) is 0 Å². The predicted molar refractivity (Wildman–Crippen MR) is 87.0 cm³/mol. The highest BCUT2D eigenvalue weighted by Gasteiger charge is 2.54. The molecule has 2 aliphatic rings. The van der Waals surface area contributed by atoms with Crippen LogP contribution in [0.2, 0.25) is 4.34 Å². The van der Waals surface area contributed by atoms with Gasteiger partial charge in [0.2, 0.25) is 0 Å². The summed E-state index contributed by atoms with van der Waals surface area (Å²) in [5.41, 5.74) is 0. The van der Waals surface area contributed by atoms with Crippen LogP contribution in [0.4, 0.5) is 0 Å². The SMILES string of the molecule is CCCNC(c1cc(Br)c(Cl)s1)C1C2CCCCC21. The van der Waals surface area contributed by atoms with E-state index in [-0.39, 0.29) is 0 Å². The lowest BCUT2D eigenvalue weighted by molar-refractivity contribution is 0.452. The van der Waals surface area contributed by atoms with Crippen LogP contribution < -0.4 is 5.32 Å². The van der Waals surface area contributed by atoms with Crippen LogP contribution in [0.1, 0.15) is 49.9 Å². The molecule has 1 nitrogen and oxygen atoms in total. The van der Waals surface area contributed by atoms with Crippen LogP contribution in [0.5, 0.6) is 0 Å². The second-order valence-electron chi connectivity index (χ2n) is 5.89. The summed E-state index contributed by atoms with van der Waals surface area (Å²) in [6, 6.07) is 2.76. The molecule has 1 N–H and O–H groups in total. The van der Waals surface area contributed by atoms with Gasteiger partial charge in [-0.25, -0.2) is 0 Å². The number of hydrogen-bond donors (Lipinski definition) is 1. The molecule has 1 aromatic rings. The van der Waals surface area contributed by atoms with Crippen molar-refractivity contribution in [2.45, 2.75) is 45.1 Å². The number of thiophene rings is 1. The molecule has 0 aliphatic heterocycles. The molecule has 1 heterocycles. The maximum Gasteiger partial charge on any atom is 0.107 e. The Morgan fingerprint density at radius 3 is 2.63 bits per heavy atom. The van der Waals surface area contributed by atoms with Crippen molar-refractivity contribution in [3.05, 3.63) is 19.8 Å². The molecule has 3 rings (SSSR count). The Morgan fingerprint density at radius 2 is 2.11 bits per heavy atom. The third-order valence-corrected chi connectivity index (χ3v) is 7.25. The molecule has 3 unspecified atom stereocenters. The van der Waals surface area contributed by atoms with Gasteiger partial charge in [-0.05, 0) is 65.6 Å². The number of rotatable bonds is 5. The average molecular weight is 363 g/mol. The zero-order chi connectivity index (χ0) is 13.4. The molecule has 1 aromatic heterocycles. The maximum absolute atomic E-state index is 6.23. The van der Waals surface area contributed by atoms with E-state index in [1.165, 1.54) is 37.0 Å². The Morgan fingerprint density at radius 1 is 1.42 bits per heavy atom. The van der Waals surface area contributed by atoms with Crippen LogP contribution in [0, 0.1) is 17.8 Å². The third-order valence-electron chi connectivity index (χ3n) is 4.69. The zero-order valence-corrected chi connectivity index (χ0v) is 14.5. The van der Waals surface area contributed by atoms with E-state index in [2.05, 4.69) is 34.2 Å². The minimum Gasteiger partial charge on any atom is -0.309 e. The van der Waals surface area contributed by atoms with Crippen LogP contribution in [-0.4, -0.2) is 6.54 Å². The molecule has 0 spiro atoms. The molecule has 106 valence electrons. The van der Waals surface area contributed by atoms with Gasteiger partial charge in [0, 0.05) is 15.4 Å². The van der Waals surface area contributed by atoms with Crippen molar-refractivity contribution >= 4 is 38.9 Å². The van der Waals surface area contributed by atoms with Gasteiger partial charge in [-0.2, -0.15) is 0 Å². The second-order valence-corrected chi connectivity index (χ2v) is 8.43. The molecule has 19 heavy (non-hydrogen) atoms. The smallest absolute Gasteiger partial charge is 0.107 e. The van der Waals surface area contributed by atoms with Gasteiger partial charge in [0.1, 0.15) is 4.34 Å². The second kappa shape index (κ2) is 6.05. The fourth-order valence-electron chi connectivity index (χ4n) is 3.78. The van der Waals surface area contributed by atoms with Gasteiger partial charge in [0.15, 0.2) is 0 Å². The van der Waals surface area contributed by atoms with Crippen LogP contribution in [-0.2, 0) is 0 Å². The molecule has 0 bridgehead atoms. The Bertz CT molecular complexity index is 416. The molecule has 0 aromatic carbocycles. The van der Waals surface area contributed by atoms with Crippen LogP contribution in [0.15, 0.2) is 10.5 Å². The molecule has 2 saturated carbocycles. The minimum atomic E-state index is 0.529. The summed E-state index contributed by atoms with van der Waals surface area (Å²) in [7, 11) is 0. The maximum atomic E-state index is 6.23. The Balaban J connectivity index is 1.77. The normalized spacial score (nSPS) is 31.0. The van der Waals surface area contributed by atoms with Crippen LogP contribution in [0.3, 0.4) is 0 Å². The first kappa shape index (κ1) is 14.4. The first-order valence-corrected chi connectivity index (χ1v) is 9.39. The average Bonchev–Trinajstić information content (AvgIpc) is 3.03. The van der Waals surface area contributed by atoms with Crippen molar-refractivity contribution < 1.29 is 0 Å². The lowest BCUT2D eigenvalue weighted by Crippen LogP contribution is -2.24. The fourth-order valence-corrected chi connectivity index (χ4v) is 5.66. The topological polar surface area (TPSA) is 12.0 Å². The van der Waals surface area contributed by atoms with Crippen molar-refractivity contribution in [2.75, 3.05) is 6.54 Å². The van der Waals surface area contributed by atoms with Crippen LogP contribution >= 0.6 is 38.9 Å². The highest BCUT2D eigenvalue weighted by atomic mass is 79.9. The van der Waals surface area contributed by atoms with Crippen molar-refractivity contribution in [3.63, 3.8) is 0 Å². The monoisotopic (exact) mass is 361 g/mol. The third kappa shape index (κ3) is 2.90. The van der Waals surface area contributed by atoms with E-state index in [0.29, 0.717) is 6.04 Å². The first-order chi connectivity index (χ1) is 9.22. The fraction of sp³-hybridized carbons (Fsp3) is 0.733. The van der Waals surface area contributed by atoms with Crippen molar-refractivity contribution in [1.29, 1.82) is 0 Å². The number of nitrogens with one attached hydrogen (secondary N) is 1. The van der Waals surface area contributed by atoms with Crippen molar-refractivity contribution in [1.82, 2.24) is 5.32 Å². The molecule has 0 saturated heterocycles. The summed E-state index contributed by atoms with van der Waals surface area (Å²) in [6.45, 7) is 3.34. The van der Waals surface area contributed by atoms with E-state index in [0.717, 1.165) is 33.1 Å². The van der Waals surface area contributed by atoms with Gasteiger partial charge in [0.05, 0.1) is 0 Å². The van der Waals surface area contributed by atoms with Gasteiger partial charge in [-0.1, -0.05) is 31.4 Å². The van der Waals surface area contributed by atoms with Gasteiger partial charge in [-0.15, -0.1) is 11.3 Å². The lowest BCUT2D eigenvalue weighted by atomic mass is 10.0. The number of hydrogen-bond acceptors (Lipinski definition) is 2. The molecule has 2 aliphatic carbocycles. The highest BCUT2D eigenvalue weighted by Crippen LogP contribution is 2.61. The number of halogens is 2. The van der Waals surface area contributed by atoms with Gasteiger partial charge >= 0.3 is 0 Å². The van der Waals surface area contributed by atoms with Gasteiger partial charge in [-0.3, -0.25) is 0 Å². The summed E-state index contributed by atoms with van der Waals surface area (Å²) < 4.78 is 1.95. The predicted octanol–water partition coefficient (Wildman–Crippen LogP) is 5.64. The largest absolute Gasteiger partial charge is 0.309 e. The summed E-state index contributed by atoms with van der Waals surface area (Å²) in [5.74, 6) is 2.81. The molecular formula is C15H21BrClNS. The summed E-state index contributed by atoms with van der Waals surface area (Å²) in [6.07, 6.45) is 6.96. The summed E-state index contributed by atoms with van der Waals surface area (Å²) >= 11 is 11.5. The highest BCUT2D eigenvalue weighted by molar-refractivity contribution is 9.10. The molecule has 2 fully saturated rings. The molecule has 3 atom stereocenters.